The fourth-order valence-corrected chi connectivity index (χ4v) is 3.44. The average Bonchev–Trinajstić information content (AvgIpc) is 3.46. The summed E-state index contributed by atoms with van der Waals surface area (Å²) in [6, 6.07) is 11.1. The predicted octanol–water partition coefficient (Wildman–Crippen LogP) is 3.69. The number of aryl methyl sites for hydroxylation is 1. The maximum absolute atomic E-state index is 12.6. The molecule has 4 rings (SSSR count). The standard InChI is InChI=1S/C20H22N4O4/c1-13-9-18(23-27-13)19-7-4-8-24(19)20(25)21-12-16-11-17(22-28-16)14-5-3-6-15(10-14)26-2/h3,5-6,9-11,19H,4,7-8,12H2,1-2H3,(H,21,25). The van der Waals surface area contributed by atoms with Crippen LogP contribution in [0.25, 0.3) is 11.3 Å². The normalized spacial score (nSPS) is 16.4. The van der Waals surface area contributed by atoms with Crippen LogP contribution in [-0.2, 0) is 6.54 Å². The molecule has 8 nitrogen and oxygen atoms in total. The molecule has 0 bridgehead atoms. The molecule has 8 heteroatoms. The highest BCUT2D eigenvalue weighted by atomic mass is 16.5. The summed E-state index contributed by atoms with van der Waals surface area (Å²) in [5, 5.41) is 11.1. The Bertz CT molecular complexity index is 965. The molecule has 0 spiro atoms. The average molecular weight is 382 g/mol. The molecule has 3 aromatic rings. The van der Waals surface area contributed by atoms with Gasteiger partial charge in [0.05, 0.1) is 19.7 Å². The van der Waals surface area contributed by atoms with Gasteiger partial charge in [-0.3, -0.25) is 0 Å². The number of benzene rings is 1. The number of carbonyl (C=O) groups is 1. The molecule has 1 atom stereocenters. The number of nitrogens with zero attached hydrogens (tertiary/aromatic N) is 3. The van der Waals surface area contributed by atoms with Crippen LogP contribution in [0.1, 0.15) is 36.1 Å². The first-order valence-corrected chi connectivity index (χ1v) is 9.22. The summed E-state index contributed by atoms with van der Waals surface area (Å²) in [4.78, 5) is 14.4. The fourth-order valence-electron chi connectivity index (χ4n) is 3.44. The Morgan fingerprint density at radius 1 is 1.29 bits per heavy atom. The van der Waals surface area contributed by atoms with Gasteiger partial charge in [0, 0.05) is 24.2 Å². The van der Waals surface area contributed by atoms with E-state index in [9.17, 15) is 4.79 Å². The zero-order chi connectivity index (χ0) is 19.5. The summed E-state index contributed by atoms with van der Waals surface area (Å²) in [5.41, 5.74) is 2.38. The van der Waals surface area contributed by atoms with E-state index in [1.807, 2.05) is 43.3 Å². The van der Waals surface area contributed by atoms with E-state index in [1.165, 1.54) is 0 Å². The van der Waals surface area contributed by atoms with Crippen molar-refractivity contribution in [3.8, 4) is 17.0 Å². The van der Waals surface area contributed by atoms with Gasteiger partial charge in [0.2, 0.25) is 0 Å². The van der Waals surface area contributed by atoms with E-state index in [0.29, 0.717) is 18.0 Å². The van der Waals surface area contributed by atoms with Crippen LogP contribution in [0.15, 0.2) is 45.4 Å². The summed E-state index contributed by atoms with van der Waals surface area (Å²) in [6.07, 6.45) is 1.81. The minimum absolute atomic E-state index is 0.0560. The van der Waals surface area contributed by atoms with Crippen molar-refractivity contribution >= 4 is 6.03 Å². The van der Waals surface area contributed by atoms with Crippen molar-refractivity contribution in [2.45, 2.75) is 32.4 Å². The molecular formula is C20H22N4O4. The Labute approximate surface area is 162 Å². The van der Waals surface area contributed by atoms with E-state index in [-0.39, 0.29) is 18.6 Å². The van der Waals surface area contributed by atoms with E-state index >= 15 is 0 Å². The molecule has 0 radical (unpaired) electrons. The summed E-state index contributed by atoms with van der Waals surface area (Å²) in [5.74, 6) is 2.08. The smallest absolute Gasteiger partial charge is 0.318 e. The molecule has 0 aliphatic carbocycles. The van der Waals surface area contributed by atoms with Gasteiger partial charge in [-0.25, -0.2) is 4.79 Å². The fraction of sp³-hybridized carbons (Fsp3) is 0.350. The molecule has 1 aliphatic rings. The zero-order valence-electron chi connectivity index (χ0n) is 15.8. The van der Waals surface area contributed by atoms with E-state index in [2.05, 4.69) is 15.6 Å². The quantitative estimate of drug-likeness (QED) is 0.723. The number of hydrogen-bond donors (Lipinski definition) is 1. The van der Waals surface area contributed by atoms with Crippen LogP contribution >= 0.6 is 0 Å². The van der Waals surface area contributed by atoms with Gasteiger partial charge in [-0.2, -0.15) is 0 Å². The minimum atomic E-state index is -0.150. The summed E-state index contributed by atoms with van der Waals surface area (Å²) < 4.78 is 15.8. The van der Waals surface area contributed by atoms with Gasteiger partial charge in [0.15, 0.2) is 5.76 Å². The number of likely N-dealkylation sites (tertiary alicyclic amines) is 1. The zero-order valence-corrected chi connectivity index (χ0v) is 15.8. The monoisotopic (exact) mass is 382 g/mol. The number of methoxy groups -OCH3 is 1. The van der Waals surface area contributed by atoms with Crippen molar-refractivity contribution in [3.63, 3.8) is 0 Å². The summed E-state index contributed by atoms with van der Waals surface area (Å²) in [6.45, 7) is 2.80. The number of nitrogens with one attached hydrogen (secondary N) is 1. The first-order chi connectivity index (χ1) is 13.6. The van der Waals surface area contributed by atoms with Crippen molar-refractivity contribution in [2.24, 2.45) is 0 Å². The van der Waals surface area contributed by atoms with Gasteiger partial charge in [0.1, 0.15) is 22.9 Å². The van der Waals surface area contributed by atoms with Gasteiger partial charge in [0.25, 0.3) is 0 Å². The molecule has 1 N–H and O–H groups in total. The topological polar surface area (TPSA) is 93.6 Å². The molecule has 1 aromatic carbocycles. The molecule has 1 saturated heterocycles. The molecule has 146 valence electrons. The van der Waals surface area contributed by atoms with E-state index in [0.717, 1.165) is 35.6 Å². The highest BCUT2D eigenvalue weighted by molar-refractivity contribution is 5.75. The van der Waals surface area contributed by atoms with Crippen molar-refractivity contribution in [2.75, 3.05) is 13.7 Å². The molecule has 2 aromatic heterocycles. The third-order valence-electron chi connectivity index (χ3n) is 4.84. The maximum atomic E-state index is 12.6. The molecule has 0 saturated carbocycles. The number of urea groups is 1. The van der Waals surface area contributed by atoms with Crippen LogP contribution in [0.3, 0.4) is 0 Å². The third-order valence-corrected chi connectivity index (χ3v) is 4.84. The Morgan fingerprint density at radius 3 is 2.96 bits per heavy atom. The maximum Gasteiger partial charge on any atom is 0.318 e. The molecular weight excluding hydrogens is 360 g/mol. The summed E-state index contributed by atoms with van der Waals surface area (Å²) in [7, 11) is 1.62. The highest BCUT2D eigenvalue weighted by Crippen LogP contribution is 2.31. The van der Waals surface area contributed by atoms with Crippen LogP contribution in [0, 0.1) is 6.92 Å². The number of hydrogen-bond acceptors (Lipinski definition) is 6. The Hall–Kier alpha value is -3.29. The predicted molar refractivity (Wildman–Crippen MR) is 101 cm³/mol. The van der Waals surface area contributed by atoms with Gasteiger partial charge < -0.3 is 24.0 Å². The molecule has 1 fully saturated rings. The number of amides is 2. The van der Waals surface area contributed by atoms with Gasteiger partial charge in [-0.15, -0.1) is 0 Å². The second-order valence-corrected chi connectivity index (χ2v) is 6.78. The van der Waals surface area contributed by atoms with Crippen LogP contribution < -0.4 is 10.1 Å². The number of ether oxygens (including phenoxy) is 1. The first-order valence-electron chi connectivity index (χ1n) is 9.22. The van der Waals surface area contributed by atoms with Gasteiger partial charge in [-0.1, -0.05) is 22.4 Å². The molecule has 2 amide bonds. The number of carbonyl (C=O) groups excluding carboxylic acids is 1. The van der Waals surface area contributed by atoms with E-state index < -0.39 is 0 Å². The second-order valence-electron chi connectivity index (χ2n) is 6.78. The lowest BCUT2D eigenvalue weighted by molar-refractivity contribution is 0.189. The number of rotatable bonds is 5. The van der Waals surface area contributed by atoms with Crippen LogP contribution in [0.5, 0.6) is 5.75 Å². The largest absolute Gasteiger partial charge is 0.497 e. The molecule has 1 aliphatic heterocycles. The molecule has 3 heterocycles. The minimum Gasteiger partial charge on any atom is -0.497 e. The SMILES string of the molecule is COc1cccc(-c2cc(CNC(=O)N3CCCC3c3cc(C)on3)on2)c1. The Morgan fingerprint density at radius 2 is 2.18 bits per heavy atom. The lowest BCUT2D eigenvalue weighted by Crippen LogP contribution is -2.39. The lowest BCUT2D eigenvalue weighted by atomic mass is 10.1. The third kappa shape index (κ3) is 3.71. The first kappa shape index (κ1) is 18.1. The van der Waals surface area contributed by atoms with Crippen molar-refractivity contribution in [3.05, 3.63) is 53.6 Å². The Balaban J connectivity index is 1.39. The van der Waals surface area contributed by atoms with Crippen molar-refractivity contribution in [1.82, 2.24) is 20.5 Å². The van der Waals surface area contributed by atoms with Crippen LogP contribution in [-0.4, -0.2) is 34.9 Å². The van der Waals surface area contributed by atoms with Crippen molar-refractivity contribution in [1.29, 1.82) is 0 Å². The summed E-state index contributed by atoms with van der Waals surface area (Å²) >= 11 is 0. The second kappa shape index (κ2) is 7.75. The van der Waals surface area contributed by atoms with E-state index in [4.69, 9.17) is 13.8 Å². The lowest BCUT2D eigenvalue weighted by Gasteiger charge is -2.22. The Kier molecular flexibility index (Phi) is 5.01. The number of aromatic nitrogens is 2. The molecule has 1 unspecified atom stereocenters. The van der Waals surface area contributed by atoms with Crippen molar-refractivity contribution < 1.29 is 18.6 Å². The van der Waals surface area contributed by atoms with Gasteiger partial charge in [-0.05, 0) is 31.9 Å². The van der Waals surface area contributed by atoms with Gasteiger partial charge >= 0.3 is 6.03 Å². The highest BCUT2D eigenvalue weighted by Gasteiger charge is 2.32. The molecule has 28 heavy (non-hydrogen) atoms. The van der Waals surface area contributed by atoms with Crippen LogP contribution in [0.4, 0.5) is 4.79 Å². The van der Waals surface area contributed by atoms with E-state index in [1.54, 1.807) is 12.0 Å². The van der Waals surface area contributed by atoms with Crippen LogP contribution in [0.2, 0.25) is 0 Å².